The second-order valence-corrected chi connectivity index (χ2v) is 12.6. The molecule has 3 radical (unpaired) electrons. The van der Waals surface area contributed by atoms with Crippen molar-refractivity contribution in [2.75, 3.05) is 39.3 Å². The molecule has 0 heterocycles. The molecular formula is C39H33Cu3N3O12. The fourth-order valence-corrected chi connectivity index (χ4v) is 5.91. The maximum absolute atomic E-state index is 11.1. The molecule has 0 aliphatic heterocycles. The minimum atomic E-state index is -1.43. The summed E-state index contributed by atoms with van der Waals surface area (Å²) in [5.74, 6) is -8.59. The molecule has 57 heavy (non-hydrogen) atoms. The third-order valence-electron chi connectivity index (χ3n) is 8.13. The van der Waals surface area contributed by atoms with E-state index in [9.17, 15) is 59.4 Å². The van der Waals surface area contributed by atoms with Crippen LogP contribution in [0.3, 0.4) is 0 Å². The van der Waals surface area contributed by atoms with E-state index in [2.05, 4.69) is 0 Å². The molecule has 0 amide bonds. The van der Waals surface area contributed by atoms with Crippen LogP contribution in [0.2, 0.25) is 0 Å². The van der Waals surface area contributed by atoms with Crippen LogP contribution in [0, 0.1) is 0 Å². The van der Waals surface area contributed by atoms with Crippen LogP contribution in [0.1, 0.15) is 16.7 Å². The molecule has 0 saturated heterocycles. The first kappa shape index (κ1) is 50.2. The quantitative estimate of drug-likeness (QED) is 0.0716. The zero-order valence-electron chi connectivity index (χ0n) is 29.7. The van der Waals surface area contributed by atoms with Crippen molar-refractivity contribution in [2.24, 2.45) is 0 Å². The normalized spacial score (nSPS) is 10.6. The molecule has 0 unspecified atom stereocenters. The summed E-state index contributed by atoms with van der Waals surface area (Å²) in [6.45, 7) is -3.57. The summed E-state index contributed by atoms with van der Waals surface area (Å²) < 4.78 is 0. The summed E-state index contributed by atoms with van der Waals surface area (Å²) in [5.41, 5.74) is 6.53. The number of nitrogens with zero attached hydrogens (tertiary/aromatic N) is 3. The van der Waals surface area contributed by atoms with Crippen molar-refractivity contribution in [3.05, 3.63) is 108 Å². The van der Waals surface area contributed by atoms with E-state index in [0.717, 1.165) is 33.4 Å². The zero-order chi connectivity index (χ0) is 39.4. The number of carbonyl (C=O) groups excluding carboxylic acids is 6. The number of carboxylic acids is 6. The molecule has 0 aromatic heterocycles. The number of hydrogen-bond donors (Lipinski definition) is 0. The molecule has 4 aromatic carbocycles. The molecule has 4 rings (SSSR count). The largest absolute Gasteiger partial charge is 2.00 e. The van der Waals surface area contributed by atoms with Crippen LogP contribution in [-0.4, -0.2) is 89.8 Å². The molecule has 0 bridgehead atoms. The van der Waals surface area contributed by atoms with Crippen LogP contribution in [0.15, 0.2) is 91.0 Å². The van der Waals surface area contributed by atoms with Gasteiger partial charge in [-0.05, 0) is 68.3 Å². The molecule has 15 nitrogen and oxygen atoms in total. The van der Waals surface area contributed by atoms with Crippen molar-refractivity contribution < 1.29 is 111 Å². The Bertz CT molecular complexity index is 1710. The standard InChI is InChI=1S/C39H39N3O12.3Cu/c43-34(44)19-40(20-35(45)46)16-25-1-7-28(8-2-25)31-13-32(29-9-3-26(4-10-29)17-41(21-36(47)48)22-37(49)50)15-33(14-31)30-11-5-27(6-12-30)18-42(23-38(51)52)24-39(53)54;;;/h1-15H,16-24H2,(H,43,44)(H,45,46)(H,47,48)(H,49,50)(H,51,52)(H,53,54);;;/q;3*+2/p-6. The Kier molecular flexibility index (Phi) is 21.1. The number of rotatable bonds is 21. The molecular weight excluding hydrogens is 893 g/mol. The van der Waals surface area contributed by atoms with Gasteiger partial charge in [0, 0.05) is 58.9 Å². The Morgan fingerprint density at radius 1 is 0.316 bits per heavy atom. The van der Waals surface area contributed by atoms with Crippen LogP contribution in [0.5, 0.6) is 0 Å². The van der Waals surface area contributed by atoms with E-state index in [4.69, 9.17) is 0 Å². The number of aliphatic carboxylic acids is 6. The fourth-order valence-electron chi connectivity index (χ4n) is 5.91. The topological polar surface area (TPSA) is 250 Å². The molecule has 0 aliphatic rings. The summed E-state index contributed by atoms with van der Waals surface area (Å²) in [5, 5.41) is 66.8. The summed E-state index contributed by atoms with van der Waals surface area (Å²) in [4.78, 5) is 70.3. The Hall–Kier alpha value is -4.86. The van der Waals surface area contributed by atoms with E-state index in [1.165, 1.54) is 14.7 Å². The molecule has 0 spiro atoms. The average molecular weight is 926 g/mol. The first-order valence-electron chi connectivity index (χ1n) is 16.4. The maximum atomic E-state index is 11.1. The van der Waals surface area contributed by atoms with Crippen molar-refractivity contribution in [1.29, 1.82) is 0 Å². The van der Waals surface area contributed by atoms with Crippen LogP contribution in [-0.2, 0) is 99.6 Å². The van der Waals surface area contributed by atoms with Gasteiger partial charge in [-0.2, -0.15) is 0 Å². The van der Waals surface area contributed by atoms with Crippen LogP contribution in [0.25, 0.3) is 33.4 Å². The van der Waals surface area contributed by atoms with E-state index < -0.39 is 75.1 Å². The molecule has 0 fully saturated rings. The first-order chi connectivity index (χ1) is 25.6. The van der Waals surface area contributed by atoms with Crippen molar-refractivity contribution >= 4 is 35.8 Å². The number of hydrogen-bond acceptors (Lipinski definition) is 15. The predicted octanol–water partition coefficient (Wildman–Crippen LogP) is -4.41. The fraction of sp³-hybridized carbons (Fsp3) is 0.231. The monoisotopic (exact) mass is 924 g/mol. The van der Waals surface area contributed by atoms with Gasteiger partial charge in [-0.1, -0.05) is 72.8 Å². The van der Waals surface area contributed by atoms with Crippen molar-refractivity contribution in [3.8, 4) is 33.4 Å². The van der Waals surface area contributed by atoms with Crippen molar-refractivity contribution in [3.63, 3.8) is 0 Å². The third kappa shape index (κ3) is 17.0. The van der Waals surface area contributed by atoms with Crippen molar-refractivity contribution in [1.82, 2.24) is 14.7 Å². The number of benzene rings is 4. The summed E-state index contributed by atoms with van der Waals surface area (Å²) in [6, 6.07) is 27.0. The number of carbonyl (C=O) groups is 6. The average Bonchev–Trinajstić information content (AvgIpc) is 3.07. The Morgan fingerprint density at radius 2 is 0.491 bits per heavy atom. The first-order valence-corrected chi connectivity index (χ1v) is 16.4. The van der Waals surface area contributed by atoms with Gasteiger partial charge in [-0.15, -0.1) is 0 Å². The van der Waals surface area contributed by atoms with Gasteiger partial charge in [0.2, 0.25) is 0 Å². The minimum absolute atomic E-state index is 0. The molecule has 0 aliphatic carbocycles. The molecule has 4 aromatic rings. The predicted molar refractivity (Wildman–Crippen MR) is 179 cm³/mol. The van der Waals surface area contributed by atoms with Gasteiger partial charge in [0.25, 0.3) is 0 Å². The van der Waals surface area contributed by atoms with Crippen LogP contribution >= 0.6 is 0 Å². The van der Waals surface area contributed by atoms with Gasteiger partial charge in [-0.3, -0.25) is 14.7 Å². The maximum Gasteiger partial charge on any atom is 2.00 e. The van der Waals surface area contributed by atoms with Gasteiger partial charge in [0.05, 0.1) is 35.8 Å². The van der Waals surface area contributed by atoms with Crippen molar-refractivity contribution in [2.45, 2.75) is 19.6 Å². The Morgan fingerprint density at radius 3 is 0.649 bits per heavy atom. The molecule has 0 atom stereocenters. The summed E-state index contributed by atoms with van der Waals surface area (Å²) in [6.07, 6.45) is 0. The summed E-state index contributed by atoms with van der Waals surface area (Å²) in [7, 11) is 0. The third-order valence-corrected chi connectivity index (χ3v) is 8.13. The Labute approximate surface area is 359 Å². The van der Waals surface area contributed by atoms with E-state index in [1.807, 2.05) is 18.2 Å². The van der Waals surface area contributed by atoms with E-state index in [0.29, 0.717) is 16.7 Å². The van der Waals surface area contributed by atoms with Gasteiger partial charge >= 0.3 is 51.2 Å². The van der Waals surface area contributed by atoms with Crippen LogP contribution < -0.4 is 30.6 Å². The zero-order valence-corrected chi connectivity index (χ0v) is 32.5. The van der Waals surface area contributed by atoms with Crippen LogP contribution in [0.4, 0.5) is 0 Å². The minimum Gasteiger partial charge on any atom is -0.549 e. The van der Waals surface area contributed by atoms with Gasteiger partial charge in [0.15, 0.2) is 0 Å². The van der Waals surface area contributed by atoms with E-state index in [-0.39, 0.29) is 70.8 Å². The molecule has 309 valence electrons. The summed E-state index contributed by atoms with van der Waals surface area (Å²) >= 11 is 0. The molecule has 0 N–H and O–H groups in total. The van der Waals surface area contributed by atoms with Gasteiger partial charge in [-0.25, -0.2) is 0 Å². The van der Waals surface area contributed by atoms with E-state index >= 15 is 0 Å². The van der Waals surface area contributed by atoms with E-state index in [1.54, 1.807) is 72.8 Å². The SMILES string of the molecule is O=C([O-])CN(CC(=O)[O-])Cc1ccc(-c2cc(-c3ccc(CN(CC(=O)[O-])CC(=O)[O-])cc3)cc(-c3ccc(CN(CC(=O)[O-])CC(=O)[O-])cc3)c2)cc1.[Cu+2].[Cu+2].[Cu+2]. The smallest absolute Gasteiger partial charge is 0.549 e. The second kappa shape index (κ2) is 24.0. The molecule has 18 heteroatoms. The van der Waals surface area contributed by atoms with Gasteiger partial charge in [0.1, 0.15) is 0 Å². The van der Waals surface area contributed by atoms with Gasteiger partial charge < -0.3 is 59.4 Å². The molecule has 0 saturated carbocycles. The number of carboxylic acid groups (broad SMARTS) is 6. The Balaban J connectivity index is 0.00000541. The second-order valence-electron chi connectivity index (χ2n) is 12.6.